The maximum absolute atomic E-state index is 4.07. The Labute approximate surface area is 60.8 Å². The molecule has 0 aromatic carbocycles. The third-order valence-electron chi connectivity index (χ3n) is 1.60. The molecule has 0 saturated carbocycles. The topological polar surface area (TPSA) is 40.7 Å². The molecule has 1 rings (SSSR count). The highest BCUT2D eigenvalue weighted by molar-refractivity contribution is 5.44. The first kappa shape index (κ1) is 7.12. The van der Waals surface area contributed by atoms with Crippen LogP contribution in [0.3, 0.4) is 0 Å². The van der Waals surface area contributed by atoms with Crippen molar-refractivity contribution < 1.29 is 0 Å². The summed E-state index contributed by atoms with van der Waals surface area (Å²) in [4.78, 5) is 0. The molecule has 0 atom stereocenters. The highest BCUT2D eigenvalue weighted by atomic mass is 15.2. The largest absolute Gasteiger partial charge is 0.369 e. The molecule has 0 spiro atoms. The number of aromatic amines is 1. The number of rotatable bonds is 2. The van der Waals surface area contributed by atoms with Crippen LogP contribution in [0, 0.1) is 13.8 Å². The lowest BCUT2D eigenvalue weighted by Crippen LogP contribution is -1.97. The van der Waals surface area contributed by atoms with Crippen LogP contribution in [0.2, 0.25) is 0 Å². The summed E-state index contributed by atoms with van der Waals surface area (Å²) in [6.07, 6.45) is 0. The maximum Gasteiger partial charge on any atom is 0.150 e. The number of hydrogen-bond donors (Lipinski definition) is 2. The second-order valence-electron chi connectivity index (χ2n) is 2.35. The van der Waals surface area contributed by atoms with Crippen LogP contribution in [-0.2, 0) is 0 Å². The number of anilines is 1. The van der Waals surface area contributed by atoms with Crippen LogP contribution in [-0.4, -0.2) is 16.7 Å². The standard InChI is InChI=1S/C7H13N3/c1-4-8-7-5(2)6(3)9-10-7/h4H2,1-3H3,(H2,8,9,10). The molecule has 2 N–H and O–H groups in total. The van der Waals surface area contributed by atoms with Gasteiger partial charge < -0.3 is 5.32 Å². The van der Waals surface area contributed by atoms with Crippen molar-refractivity contribution in [1.82, 2.24) is 10.2 Å². The molecule has 1 heterocycles. The molecule has 0 aliphatic heterocycles. The zero-order chi connectivity index (χ0) is 7.56. The first-order valence-electron chi connectivity index (χ1n) is 3.51. The molecule has 0 bridgehead atoms. The summed E-state index contributed by atoms with van der Waals surface area (Å²) in [7, 11) is 0. The van der Waals surface area contributed by atoms with E-state index in [1.165, 1.54) is 5.56 Å². The first-order valence-corrected chi connectivity index (χ1v) is 3.51. The minimum absolute atomic E-state index is 0.922. The number of aromatic nitrogens is 2. The van der Waals surface area contributed by atoms with Crippen LogP contribution in [0.1, 0.15) is 18.2 Å². The Morgan fingerprint density at radius 2 is 2.20 bits per heavy atom. The lowest BCUT2D eigenvalue weighted by molar-refractivity contribution is 1.03. The average molecular weight is 139 g/mol. The van der Waals surface area contributed by atoms with Crippen LogP contribution >= 0.6 is 0 Å². The molecular weight excluding hydrogens is 126 g/mol. The number of nitrogens with zero attached hydrogens (tertiary/aromatic N) is 1. The number of H-pyrrole nitrogens is 1. The van der Waals surface area contributed by atoms with Gasteiger partial charge in [-0.25, -0.2) is 0 Å². The van der Waals surface area contributed by atoms with Gasteiger partial charge in [-0.3, -0.25) is 5.10 Å². The highest BCUT2D eigenvalue weighted by Crippen LogP contribution is 2.12. The zero-order valence-electron chi connectivity index (χ0n) is 6.65. The summed E-state index contributed by atoms with van der Waals surface area (Å²) >= 11 is 0. The average Bonchev–Trinajstić information content (AvgIpc) is 2.20. The molecule has 3 nitrogen and oxygen atoms in total. The third-order valence-corrected chi connectivity index (χ3v) is 1.60. The van der Waals surface area contributed by atoms with E-state index >= 15 is 0 Å². The molecule has 0 aliphatic rings. The molecule has 0 radical (unpaired) electrons. The van der Waals surface area contributed by atoms with E-state index in [0.29, 0.717) is 0 Å². The molecule has 0 saturated heterocycles. The Morgan fingerprint density at radius 1 is 1.50 bits per heavy atom. The number of aryl methyl sites for hydroxylation is 1. The van der Waals surface area contributed by atoms with Gasteiger partial charge in [0.25, 0.3) is 0 Å². The predicted molar refractivity (Wildman–Crippen MR) is 42.2 cm³/mol. The summed E-state index contributed by atoms with van der Waals surface area (Å²) < 4.78 is 0. The van der Waals surface area contributed by atoms with E-state index in [0.717, 1.165) is 18.1 Å². The van der Waals surface area contributed by atoms with E-state index in [2.05, 4.69) is 29.4 Å². The Balaban J connectivity index is 2.83. The van der Waals surface area contributed by atoms with Crippen molar-refractivity contribution in [1.29, 1.82) is 0 Å². The summed E-state index contributed by atoms with van der Waals surface area (Å²) in [5.41, 5.74) is 2.35. The van der Waals surface area contributed by atoms with E-state index in [9.17, 15) is 0 Å². The summed E-state index contributed by atoms with van der Waals surface area (Å²) in [5.74, 6) is 0.972. The first-order chi connectivity index (χ1) is 4.75. The molecule has 1 aromatic rings. The van der Waals surface area contributed by atoms with Gasteiger partial charge in [0.2, 0.25) is 0 Å². The van der Waals surface area contributed by atoms with Gasteiger partial charge in [0.15, 0.2) is 5.82 Å². The van der Waals surface area contributed by atoms with Crippen LogP contribution in [0.4, 0.5) is 5.82 Å². The van der Waals surface area contributed by atoms with Gasteiger partial charge in [-0.2, -0.15) is 5.10 Å². The smallest absolute Gasteiger partial charge is 0.150 e. The minimum Gasteiger partial charge on any atom is -0.369 e. The Bertz CT molecular complexity index is 215. The van der Waals surface area contributed by atoms with Crippen molar-refractivity contribution in [3.8, 4) is 0 Å². The third kappa shape index (κ3) is 1.12. The van der Waals surface area contributed by atoms with Gasteiger partial charge in [-0.1, -0.05) is 0 Å². The van der Waals surface area contributed by atoms with Crippen molar-refractivity contribution in [2.75, 3.05) is 11.9 Å². The van der Waals surface area contributed by atoms with E-state index in [1.807, 2.05) is 6.92 Å². The molecule has 0 aliphatic carbocycles. The Hall–Kier alpha value is -0.990. The second kappa shape index (κ2) is 2.73. The lowest BCUT2D eigenvalue weighted by Gasteiger charge is -1.97. The maximum atomic E-state index is 4.07. The van der Waals surface area contributed by atoms with Gasteiger partial charge in [0, 0.05) is 17.8 Å². The van der Waals surface area contributed by atoms with Crippen molar-refractivity contribution in [3.05, 3.63) is 11.3 Å². The molecule has 0 fully saturated rings. The van der Waals surface area contributed by atoms with Crippen LogP contribution < -0.4 is 5.32 Å². The van der Waals surface area contributed by atoms with Crippen molar-refractivity contribution in [3.63, 3.8) is 0 Å². The van der Waals surface area contributed by atoms with Gasteiger partial charge >= 0.3 is 0 Å². The predicted octanol–water partition coefficient (Wildman–Crippen LogP) is 1.46. The molecule has 3 heteroatoms. The molecule has 0 unspecified atom stereocenters. The van der Waals surface area contributed by atoms with E-state index in [1.54, 1.807) is 0 Å². The molecule has 0 amide bonds. The molecule has 56 valence electrons. The van der Waals surface area contributed by atoms with Gasteiger partial charge in [-0.05, 0) is 20.8 Å². The lowest BCUT2D eigenvalue weighted by atomic mass is 10.3. The normalized spacial score (nSPS) is 9.90. The van der Waals surface area contributed by atoms with Crippen molar-refractivity contribution >= 4 is 5.82 Å². The summed E-state index contributed by atoms with van der Waals surface area (Å²) in [6, 6.07) is 0. The quantitative estimate of drug-likeness (QED) is 0.651. The van der Waals surface area contributed by atoms with Crippen molar-refractivity contribution in [2.24, 2.45) is 0 Å². The highest BCUT2D eigenvalue weighted by Gasteiger charge is 2.01. The SMILES string of the molecule is CCNc1n[nH]c(C)c1C. The van der Waals surface area contributed by atoms with Gasteiger partial charge in [0.05, 0.1) is 0 Å². The fourth-order valence-corrected chi connectivity index (χ4v) is 0.825. The summed E-state index contributed by atoms with van der Waals surface area (Å²) in [5, 5.41) is 10.1. The van der Waals surface area contributed by atoms with E-state index in [-0.39, 0.29) is 0 Å². The van der Waals surface area contributed by atoms with Crippen LogP contribution in [0.15, 0.2) is 0 Å². The minimum atomic E-state index is 0.922. The zero-order valence-corrected chi connectivity index (χ0v) is 6.65. The Morgan fingerprint density at radius 3 is 2.60 bits per heavy atom. The van der Waals surface area contributed by atoms with E-state index < -0.39 is 0 Å². The second-order valence-corrected chi connectivity index (χ2v) is 2.35. The molecule has 10 heavy (non-hydrogen) atoms. The number of hydrogen-bond acceptors (Lipinski definition) is 2. The number of nitrogens with one attached hydrogen (secondary N) is 2. The van der Waals surface area contributed by atoms with Crippen LogP contribution in [0.5, 0.6) is 0 Å². The monoisotopic (exact) mass is 139 g/mol. The van der Waals surface area contributed by atoms with Gasteiger partial charge in [-0.15, -0.1) is 0 Å². The fraction of sp³-hybridized carbons (Fsp3) is 0.571. The van der Waals surface area contributed by atoms with Crippen molar-refractivity contribution in [2.45, 2.75) is 20.8 Å². The summed E-state index contributed by atoms with van der Waals surface area (Å²) in [6.45, 7) is 7.05. The fourth-order valence-electron chi connectivity index (χ4n) is 0.825. The molecular formula is C7H13N3. The van der Waals surface area contributed by atoms with E-state index in [4.69, 9.17) is 0 Å². The Kier molecular flexibility index (Phi) is 1.94. The van der Waals surface area contributed by atoms with Gasteiger partial charge in [0.1, 0.15) is 0 Å². The molecule has 1 aromatic heterocycles. The van der Waals surface area contributed by atoms with Crippen LogP contribution in [0.25, 0.3) is 0 Å².